The van der Waals surface area contributed by atoms with E-state index < -0.39 is 10.9 Å². The molecule has 1 aromatic heterocycles. The Morgan fingerprint density at radius 3 is 2.75 bits per heavy atom. The number of carbonyl (C=O) groups is 1. The van der Waals surface area contributed by atoms with Gasteiger partial charge in [-0.3, -0.25) is 10.1 Å². The van der Waals surface area contributed by atoms with Crippen molar-refractivity contribution in [3.05, 3.63) is 57.9 Å². The van der Waals surface area contributed by atoms with Crippen LogP contribution in [0.25, 0.3) is 11.8 Å². The van der Waals surface area contributed by atoms with Crippen molar-refractivity contribution in [2.45, 2.75) is 6.92 Å². The Morgan fingerprint density at radius 2 is 2.20 bits per heavy atom. The molecule has 0 spiro atoms. The van der Waals surface area contributed by atoms with Crippen molar-refractivity contribution in [1.29, 1.82) is 0 Å². The first-order valence-corrected chi connectivity index (χ1v) is 5.69. The zero-order valence-electron chi connectivity index (χ0n) is 10.6. The Balaban J connectivity index is 2.50. The van der Waals surface area contributed by atoms with Gasteiger partial charge in [0.15, 0.2) is 0 Å². The van der Waals surface area contributed by atoms with Gasteiger partial charge in [-0.2, -0.15) is 5.10 Å². The van der Waals surface area contributed by atoms with E-state index in [0.717, 1.165) is 11.8 Å². The summed E-state index contributed by atoms with van der Waals surface area (Å²) < 4.78 is 1.57. The molecule has 0 saturated heterocycles. The Morgan fingerprint density at radius 1 is 1.45 bits per heavy atom. The maximum atomic E-state index is 10.9. The van der Waals surface area contributed by atoms with Gasteiger partial charge in [0.05, 0.1) is 21.9 Å². The molecule has 0 radical (unpaired) electrons. The van der Waals surface area contributed by atoms with Crippen LogP contribution in [0.1, 0.15) is 11.3 Å². The molecule has 0 bridgehead atoms. The number of nitro groups is 1. The van der Waals surface area contributed by atoms with Gasteiger partial charge in [-0.15, -0.1) is 0 Å². The van der Waals surface area contributed by atoms with Crippen molar-refractivity contribution >= 4 is 17.7 Å². The van der Waals surface area contributed by atoms with Crippen LogP contribution < -0.4 is 0 Å². The van der Waals surface area contributed by atoms with E-state index in [-0.39, 0.29) is 11.3 Å². The average Bonchev–Trinajstić information content (AvgIpc) is 2.82. The van der Waals surface area contributed by atoms with Crippen LogP contribution in [0.5, 0.6) is 0 Å². The maximum absolute atomic E-state index is 10.9. The molecule has 2 aromatic rings. The summed E-state index contributed by atoms with van der Waals surface area (Å²) in [6.45, 7) is 1.83. The van der Waals surface area contributed by atoms with E-state index in [9.17, 15) is 14.9 Å². The molecule has 1 N–H and O–H groups in total. The van der Waals surface area contributed by atoms with Crippen molar-refractivity contribution in [3.8, 4) is 5.69 Å². The topological polar surface area (TPSA) is 98.3 Å². The predicted molar refractivity (Wildman–Crippen MR) is 71.6 cm³/mol. The standard InChI is InChI=1S/C13H11N3O4/c1-9-6-7-15(14-9)11-3-4-12(16(19)20)10(8-11)2-5-13(17)18/h2-8H,1H3,(H,17,18)/b5-2+. The first kappa shape index (κ1) is 13.5. The molecule has 7 heteroatoms. The molecule has 1 aromatic carbocycles. The summed E-state index contributed by atoms with van der Waals surface area (Å²) in [7, 11) is 0. The minimum atomic E-state index is -1.17. The van der Waals surface area contributed by atoms with Crippen LogP contribution in [0.3, 0.4) is 0 Å². The Labute approximate surface area is 113 Å². The highest BCUT2D eigenvalue weighted by atomic mass is 16.6. The quantitative estimate of drug-likeness (QED) is 0.523. The molecule has 102 valence electrons. The SMILES string of the molecule is Cc1ccn(-c2ccc([N+](=O)[O-])c(/C=C/C(=O)O)c2)n1. The smallest absolute Gasteiger partial charge is 0.328 e. The summed E-state index contributed by atoms with van der Waals surface area (Å²) in [5.74, 6) is -1.17. The summed E-state index contributed by atoms with van der Waals surface area (Å²) in [6, 6.07) is 6.20. The molecular weight excluding hydrogens is 262 g/mol. The largest absolute Gasteiger partial charge is 0.478 e. The van der Waals surface area contributed by atoms with E-state index in [4.69, 9.17) is 5.11 Å². The van der Waals surface area contributed by atoms with E-state index >= 15 is 0 Å². The molecule has 20 heavy (non-hydrogen) atoms. The molecule has 7 nitrogen and oxygen atoms in total. The first-order valence-electron chi connectivity index (χ1n) is 5.69. The minimum Gasteiger partial charge on any atom is -0.478 e. The van der Waals surface area contributed by atoms with Crippen molar-refractivity contribution in [3.63, 3.8) is 0 Å². The molecule has 0 unspecified atom stereocenters. The summed E-state index contributed by atoms with van der Waals surface area (Å²) in [6.07, 6.45) is 3.78. The third kappa shape index (κ3) is 2.89. The van der Waals surface area contributed by atoms with Crippen molar-refractivity contribution < 1.29 is 14.8 Å². The number of aryl methyl sites for hydroxylation is 1. The normalized spacial score (nSPS) is 10.8. The lowest BCUT2D eigenvalue weighted by Crippen LogP contribution is -1.98. The number of hydrogen-bond acceptors (Lipinski definition) is 4. The monoisotopic (exact) mass is 273 g/mol. The molecule has 0 aliphatic heterocycles. The number of carboxylic acid groups (broad SMARTS) is 1. The van der Waals surface area contributed by atoms with Crippen LogP contribution in [-0.2, 0) is 4.79 Å². The zero-order chi connectivity index (χ0) is 14.7. The summed E-state index contributed by atoms with van der Waals surface area (Å²) in [5, 5.41) is 23.7. The summed E-state index contributed by atoms with van der Waals surface area (Å²) in [4.78, 5) is 20.9. The van der Waals surface area contributed by atoms with Crippen LogP contribution in [0, 0.1) is 17.0 Å². The minimum absolute atomic E-state index is 0.157. The third-order valence-electron chi connectivity index (χ3n) is 2.60. The Bertz CT molecular complexity index is 703. The predicted octanol–water partition coefficient (Wildman–Crippen LogP) is 2.19. The second kappa shape index (κ2) is 5.35. The highest BCUT2D eigenvalue weighted by Crippen LogP contribution is 2.23. The number of nitro benzene ring substituents is 1. The second-order valence-electron chi connectivity index (χ2n) is 4.07. The summed E-state index contributed by atoms with van der Waals surface area (Å²) in [5.41, 5.74) is 1.48. The first-order chi connectivity index (χ1) is 9.47. The van der Waals surface area contributed by atoms with E-state index in [1.54, 1.807) is 23.0 Å². The van der Waals surface area contributed by atoms with Crippen LogP contribution in [0.4, 0.5) is 5.69 Å². The fourth-order valence-electron chi connectivity index (χ4n) is 1.70. The number of carboxylic acids is 1. The van der Waals surface area contributed by atoms with E-state index in [2.05, 4.69) is 5.10 Å². The fourth-order valence-corrected chi connectivity index (χ4v) is 1.70. The van der Waals surface area contributed by atoms with Gasteiger partial charge in [0, 0.05) is 18.3 Å². The molecule has 0 saturated carbocycles. The molecule has 0 aliphatic carbocycles. The summed E-state index contributed by atoms with van der Waals surface area (Å²) >= 11 is 0. The lowest BCUT2D eigenvalue weighted by atomic mass is 10.1. The van der Waals surface area contributed by atoms with Gasteiger partial charge >= 0.3 is 5.97 Å². The van der Waals surface area contributed by atoms with Gasteiger partial charge in [0.25, 0.3) is 5.69 Å². The lowest BCUT2D eigenvalue weighted by molar-refractivity contribution is -0.385. The number of aliphatic carboxylic acids is 1. The maximum Gasteiger partial charge on any atom is 0.328 e. The lowest BCUT2D eigenvalue weighted by Gasteiger charge is -2.03. The van der Waals surface area contributed by atoms with Crippen molar-refractivity contribution in [1.82, 2.24) is 9.78 Å². The average molecular weight is 273 g/mol. The highest BCUT2D eigenvalue weighted by Gasteiger charge is 2.13. The van der Waals surface area contributed by atoms with Crippen molar-refractivity contribution in [2.24, 2.45) is 0 Å². The highest BCUT2D eigenvalue weighted by molar-refractivity contribution is 5.86. The molecule has 0 aliphatic rings. The molecule has 0 amide bonds. The van der Waals surface area contributed by atoms with E-state index in [1.807, 2.05) is 6.92 Å². The van der Waals surface area contributed by atoms with E-state index in [0.29, 0.717) is 5.69 Å². The zero-order valence-corrected chi connectivity index (χ0v) is 10.6. The number of nitrogens with zero attached hydrogens (tertiary/aromatic N) is 3. The van der Waals surface area contributed by atoms with Crippen LogP contribution in [0.2, 0.25) is 0 Å². The molecule has 0 fully saturated rings. The molecule has 0 atom stereocenters. The second-order valence-corrected chi connectivity index (χ2v) is 4.07. The van der Waals surface area contributed by atoms with Gasteiger partial charge in [0.1, 0.15) is 0 Å². The Hall–Kier alpha value is -2.96. The fraction of sp³-hybridized carbons (Fsp3) is 0.0769. The number of aromatic nitrogens is 2. The number of rotatable bonds is 4. The van der Waals surface area contributed by atoms with Crippen LogP contribution in [-0.4, -0.2) is 25.8 Å². The van der Waals surface area contributed by atoms with Gasteiger partial charge < -0.3 is 5.11 Å². The van der Waals surface area contributed by atoms with Gasteiger partial charge in [-0.25, -0.2) is 9.48 Å². The number of hydrogen-bond donors (Lipinski definition) is 1. The third-order valence-corrected chi connectivity index (χ3v) is 2.60. The van der Waals surface area contributed by atoms with Crippen LogP contribution in [0.15, 0.2) is 36.5 Å². The van der Waals surface area contributed by atoms with Crippen LogP contribution >= 0.6 is 0 Å². The Kier molecular flexibility index (Phi) is 3.60. The van der Waals surface area contributed by atoms with Crippen molar-refractivity contribution in [2.75, 3.05) is 0 Å². The molecular formula is C13H11N3O4. The van der Waals surface area contributed by atoms with Gasteiger partial charge in [-0.1, -0.05) is 0 Å². The van der Waals surface area contributed by atoms with Gasteiger partial charge in [0.2, 0.25) is 0 Å². The van der Waals surface area contributed by atoms with E-state index in [1.165, 1.54) is 18.2 Å². The molecule has 2 rings (SSSR count). The van der Waals surface area contributed by atoms with Gasteiger partial charge in [-0.05, 0) is 31.2 Å². The number of benzene rings is 1. The molecule has 1 heterocycles.